The van der Waals surface area contributed by atoms with Crippen molar-refractivity contribution in [3.63, 3.8) is 0 Å². The van der Waals surface area contributed by atoms with Crippen LogP contribution >= 0.6 is 0 Å². The van der Waals surface area contributed by atoms with E-state index in [0.29, 0.717) is 13.2 Å². The predicted octanol–water partition coefficient (Wildman–Crippen LogP) is 3.64. The van der Waals surface area contributed by atoms with E-state index in [1.54, 1.807) is 13.0 Å². The van der Waals surface area contributed by atoms with Crippen molar-refractivity contribution in [3.8, 4) is 5.75 Å². The number of aryl methyl sites for hydroxylation is 2. The van der Waals surface area contributed by atoms with E-state index in [2.05, 4.69) is 10.6 Å². The van der Waals surface area contributed by atoms with Crippen molar-refractivity contribution < 1.29 is 13.9 Å². The topological polar surface area (TPSA) is 50.4 Å². The molecule has 0 radical (unpaired) electrons. The van der Waals surface area contributed by atoms with E-state index >= 15 is 0 Å². The molecule has 2 aromatic carbocycles. The van der Waals surface area contributed by atoms with Gasteiger partial charge in [0.25, 0.3) is 0 Å². The average Bonchev–Trinajstić information content (AvgIpc) is 2.47. The second kappa shape index (κ2) is 7.45. The number of urea groups is 1. The minimum Gasteiger partial charge on any atom is -0.492 e. The largest absolute Gasteiger partial charge is 0.492 e. The van der Waals surface area contributed by atoms with Crippen LogP contribution in [0.25, 0.3) is 0 Å². The summed E-state index contributed by atoms with van der Waals surface area (Å²) in [7, 11) is 0. The normalized spacial score (nSPS) is 10.1. The third kappa shape index (κ3) is 4.77. The standard InChI is InChI=1S/C17H19FN2O2/c1-12-4-3-5-14(10-12)22-9-8-19-17(21)20-16-7-6-13(2)11-15(16)18/h3-7,10-11H,8-9H2,1-2H3,(H2,19,20,21). The molecule has 0 saturated carbocycles. The molecule has 2 amide bonds. The number of amides is 2. The van der Waals surface area contributed by atoms with Gasteiger partial charge in [0.15, 0.2) is 0 Å². The van der Waals surface area contributed by atoms with Gasteiger partial charge in [-0.05, 0) is 49.2 Å². The summed E-state index contributed by atoms with van der Waals surface area (Å²) in [6, 6.07) is 11.8. The Balaban J connectivity index is 1.74. The number of nitrogens with one attached hydrogen (secondary N) is 2. The van der Waals surface area contributed by atoms with E-state index in [4.69, 9.17) is 4.74 Å². The van der Waals surface area contributed by atoms with Crippen LogP contribution in [0.1, 0.15) is 11.1 Å². The molecule has 0 bridgehead atoms. The first-order valence-electron chi connectivity index (χ1n) is 7.05. The van der Waals surface area contributed by atoms with Crippen LogP contribution in [0.3, 0.4) is 0 Å². The molecule has 0 aliphatic rings. The Bertz CT molecular complexity index is 659. The predicted molar refractivity (Wildman–Crippen MR) is 84.8 cm³/mol. The van der Waals surface area contributed by atoms with Crippen LogP contribution in [-0.4, -0.2) is 19.2 Å². The Kier molecular flexibility index (Phi) is 5.36. The Morgan fingerprint density at radius 1 is 1.14 bits per heavy atom. The van der Waals surface area contributed by atoms with Crippen molar-refractivity contribution in [2.45, 2.75) is 13.8 Å². The first-order valence-corrected chi connectivity index (χ1v) is 7.05. The molecule has 2 rings (SSSR count). The lowest BCUT2D eigenvalue weighted by Crippen LogP contribution is -2.32. The number of carbonyl (C=O) groups excluding carboxylic acids is 1. The maximum absolute atomic E-state index is 13.6. The molecule has 22 heavy (non-hydrogen) atoms. The molecule has 116 valence electrons. The summed E-state index contributed by atoms with van der Waals surface area (Å²) < 4.78 is 19.1. The van der Waals surface area contributed by atoms with Gasteiger partial charge in [0.1, 0.15) is 18.2 Å². The molecule has 0 aliphatic heterocycles. The molecular weight excluding hydrogens is 283 g/mol. The summed E-state index contributed by atoms with van der Waals surface area (Å²) in [5.41, 5.74) is 2.07. The number of hydrogen-bond donors (Lipinski definition) is 2. The van der Waals surface area contributed by atoms with E-state index in [1.807, 2.05) is 31.2 Å². The zero-order valence-electron chi connectivity index (χ0n) is 12.7. The fourth-order valence-corrected chi connectivity index (χ4v) is 1.93. The van der Waals surface area contributed by atoms with Crippen LogP contribution in [0.4, 0.5) is 14.9 Å². The average molecular weight is 302 g/mol. The molecule has 0 heterocycles. The summed E-state index contributed by atoms with van der Waals surface area (Å²) in [5.74, 6) is 0.304. The van der Waals surface area contributed by atoms with Gasteiger partial charge in [-0.15, -0.1) is 0 Å². The number of ether oxygens (including phenoxy) is 1. The number of anilines is 1. The SMILES string of the molecule is Cc1cccc(OCCNC(=O)Nc2ccc(C)cc2F)c1. The number of halogens is 1. The van der Waals surface area contributed by atoms with Crippen LogP contribution in [0.2, 0.25) is 0 Å². The summed E-state index contributed by atoms with van der Waals surface area (Å²) in [4.78, 5) is 11.7. The summed E-state index contributed by atoms with van der Waals surface area (Å²) in [6.45, 7) is 4.44. The maximum Gasteiger partial charge on any atom is 0.319 e. The van der Waals surface area contributed by atoms with E-state index in [-0.39, 0.29) is 5.69 Å². The van der Waals surface area contributed by atoms with Crippen LogP contribution in [-0.2, 0) is 0 Å². The first kappa shape index (κ1) is 15.8. The minimum atomic E-state index is -0.462. The van der Waals surface area contributed by atoms with Gasteiger partial charge in [-0.25, -0.2) is 9.18 Å². The van der Waals surface area contributed by atoms with Crippen molar-refractivity contribution in [3.05, 3.63) is 59.4 Å². The van der Waals surface area contributed by atoms with Gasteiger partial charge >= 0.3 is 6.03 Å². The molecular formula is C17H19FN2O2. The lowest BCUT2D eigenvalue weighted by molar-refractivity contribution is 0.247. The summed E-state index contributed by atoms with van der Waals surface area (Å²) in [5, 5.41) is 5.08. The minimum absolute atomic E-state index is 0.155. The lowest BCUT2D eigenvalue weighted by Gasteiger charge is -2.10. The highest BCUT2D eigenvalue weighted by atomic mass is 19.1. The molecule has 0 saturated heterocycles. The number of hydrogen-bond acceptors (Lipinski definition) is 2. The van der Waals surface area contributed by atoms with Crippen molar-refractivity contribution in [2.75, 3.05) is 18.5 Å². The Morgan fingerprint density at radius 2 is 1.91 bits per heavy atom. The Hall–Kier alpha value is -2.56. The molecule has 0 unspecified atom stereocenters. The molecule has 2 aromatic rings. The maximum atomic E-state index is 13.6. The number of benzene rings is 2. The molecule has 0 aromatic heterocycles. The Labute approximate surface area is 129 Å². The van der Waals surface area contributed by atoms with Gasteiger partial charge in [0.05, 0.1) is 12.2 Å². The molecule has 0 atom stereocenters. The second-order valence-electron chi connectivity index (χ2n) is 5.03. The van der Waals surface area contributed by atoms with Gasteiger partial charge in [-0.3, -0.25) is 0 Å². The van der Waals surface area contributed by atoms with Crippen LogP contribution in [0, 0.1) is 19.7 Å². The molecule has 0 fully saturated rings. The monoisotopic (exact) mass is 302 g/mol. The van der Waals surface area contributed by atoms with Crippen LogP contribution in [0.5, 0.6) is 5.75 Å². The summed E-state index contributed by atoms with van der Waals surface area (Å²) >= 11 is 0. The Morgan fingerprint density at radius 3 is 2.64 bits per heavy atom. The van der Waals surface area contributed by atoms with Gasteiger partial charge in [0, 0.05) is 0 Å². The molecule has 0 spiro atoms. The van der Waals surface area contributed by atoms with Gasteiger partial charge < -0.3 is 15.4 Å². The van der Waals surface area contributed by atoms with Crippen molar-refractivity contribution in [1.29, 1.82) is 0 Å². The third-order valence-corrected chi connectivity index (χ3v) is 3.02. The second-order valence-corrected chi connectivity index (χ2v) is 5.03. The lowest BCUT2D eigenvalue weighted by atomic mass is 10.2. The third-order valence-electron chi connectivity index (χ3n) is 3.02. The fourth-order valence-electron chi connectivity index (χ4n) is 1.93. The fraction of sp³-hybridized carbons (Fsp3) is 0.235. The number of carbonyl (C=O) groups is 1. The highest BCUT2D eigenvalue weighted by Crippen LogP contribution is 2.15. The highest BCUT2D eigenvalue weighted by Gasteiger charge is 2.06. The first-order chi connectivity index (χ1) is 10.5. The molecule has 5 heteroatoms. The van der Waals surface area contributed by atoms with Gasteiger partial charge in [0.2, 0.25) is 0 Å². The molecule has 0 aliphatic carbocycles. The molecule has 4 nitrogen and oxygen atoms in total. The van der Waals surface area contributed by atoms with E-state index in [0.717, 1.165) is 16.9 Å². The quantitative estimate of drug-likeness (QED) is 0.828. The van der Waals surface area contributed by atoms with E-state index in [1.165, 1.54) is 12.1 Å². The zero-order chi connectivity index (χ0) is 15.9. The smallest absolute Gasteiger partial charge is 0.319 e. The van der Waals surface area contributed by atoms with Crippen molar-refractivity contribution >= 4 is 11.7 Å². The van der Waals surface area contributed by atoms with Crippen LogP contribution in [0.15, 0.2) is 42.5 Å². The zero-order valence-corrected chi connectivity index (χ0v) is 12.7. The van der Waals surface area contributed by atoms with Crippen molar-refractivity contribution in [2.24, 2.45) is 0 Å². The number of rotatable bonds is 5. The van der Waals surface area contributed by atoms with E-state index < -0.39 is 11.8 Å². The molecule has 2 N–H and O–H groups in total. The van der Waals surface area contributed by atoms with Gasteiger partial charge in [-0.1, -0.05) is 18.2 Å². The summed E-state index contributed by atoms with van der Waals surface area (Å²) in [6.07, 6.45) is 0. The van der Waals surface area contributed by atoms with E-state index in [9.17, 15) is 9.18 Å². The van der Waals surface area contributed by atoms with Crippen molar-refractivity contribution in [1.82, 2.24) is 5.32 Å². The highest BCUT2D eigenvalue weighted by molar-refractivity contribution is 5.89. The van der Waals surface area contributed by atoms with Crippen LogP contribution < -0.4 is 15.4 Å². The van der Waals surface area contributed by atoms with Gasteiger partial charge in [-0.2, -0.15) is 0 Å².